The van der Waals surface area contributed by atoms with Gasteiger partial charge in [0, 0.05) is 6.42 Å². The van der Waals surface area contributed by atoms with Crippen LogP contribution in [0.15, 0.2) is 42.5 Å². The van der Waals surface area contributed by atoms with Crippen LogP contribution in [0.4, 0.5) is 4.79 Å². The number of alkyl carbamates (subject to hydrolysis) is 1. The van der Waals surface area contributed by atoms with E-state index in [1.165, 1.54) is 0 Å². The van der Waals surface area contributed by atoms with Crippen molar-refractivity contribution in [2.45, 2.75) is 97.0 Å². The van der Waals surface area contributed by atoms with Gasteiger partial charge in [-0.25, -0.2) is 4.79 Å². The van der Waals surface area contributed by atoms with Crippen LogP contribution in [0.1, 0.15) is 67.9 Å². The van der Waals surface area contributed by atoms with Crippen LogP contribution in [0.25, 0.3) is 0 Å². The maximum Gasteiger partial charge on any atom is 0.408 e. The third kappa shape index (κ3) is 8.62. The molecule has 0 aliphatic heterocycles. The highest BCUT2D eigenvalue weighted by atomic mass is 127. The van der Waals surface area contributed by atoms with E-state index in [2.05, 4.69) is 69.5 Å². The van der Waals surface area contributed by atoms with E-state index in [0.29, 0.717) is 28.1 Å². The number of primary amides is 1. The predicted molar refractivity (Wildman–Crippen MR) is 163 cm³/mol. The molecule has 0 aliphatic carbocycles. The summed E-state index contributed by atoms with van der Waals surface area (Å²) in [7, 11) is -2.03. The average Bonchev–Trinajstić information content (AvgIpc) is 2.77. The van der Waals surface area contributed by atoms with Gasteiger partial charge in [-0.3, -0.25) is 4.79 Å². The Morgan fingerprint density at radius 3 is 1.89 bits per heavy atom. The number of halogens is 1. The first-order chi connectivity index (χ1) is 17.5. The largest absolute Gasteiger partial charge is 0.543 e. The zero-order valence-electron chi connectivity index (χ0n) is 24.1. The third-order valence-corrected chi connectivity index (χ3v) is 13.4. The Balaban J connectivity index is 2.12. The molecule has 0 aliphatic rings. The molecule has 0 aromatic heterocycles. The summed E-state index contributed by atoms with van der Waals surface area (Å²) < 4.78 is 19.0. The molecule has 0 fully saturated rings. The zero-order chi connectivity index (χ0) is 28.8. The van der Waals surface area contributed by atoms with E-state index < -0.39 is 32.0 Å². The van der Waals surface area contributed by atoms with Gasteiger partial charge in [0.2, 0.25) is 5.91 Å². The number of hydrogen-bond donors (Lipinski definition) is 2. The molecule has 0 radical (unpaired) electrons. The Hall–Kier alpha value is -2.27. The van der Waals surface area contributed by atoms with Gasteiger partial charge in [0.15, 0.2) is 0 Å². The highest BCUT2D eigenvalue weighted by molar-refractivity contribution is 14.1. The molecule has 1 atom stereocenters. The molecule has 0 bridgehead atoms. The Labute approximate surface area is 242 Å². The average molecular weight is 655 g/mol. The molecular weight excluding hydrogens is 611 g/mol. The number of benzene rings is 2. The molecule has 210 valence electrons. The quantitative estimate of drug-likeness (QED) is 0.193. The summed E-state index contributed by atoms with van der Waals surface area (Å²) in [6, 6.07) is 12.5. The van der Waals surface area contributed by atoms with Crippen molar-refractivity contribution in [1.29, 1.82) is 0 Å². The predicted octanol–water partition coefficient (Wildman–Crippen LogP) is 7.56. The lowest BCUT2D eigenvalue weighted by Crippen LogP contribution is -2.50. The molecule has 0 spiro atoms. The topological polar surface area (TPSA) is 99.9 Å². The number of amides is 2. The van der Waals surface area contributed by atoms with Crippen molar-refractivity contribution in [1.82, 2.24) is 5.32 Å². The molecular formula is C29H43IN2O5Si. The van der Waals surface area contributed by atoms with Crippen LogP contribution in [0.3, 0.4) is 0 Å². The van der Waals surface area contributed by atoms with E-state index in [-0.39, 0.29) is 6.42 Å². The number of ether oxygens (including phenoxy) is 2. The number of rotatable bonds is 11. The normalized spacial score (nSPS) is 13.0. The lowest BCUT2D eigenvalue weighted by Gasteiger charge is -2.42. The molecule has 7 nitrogen and oxygen atoms in total. The van der Waals surface area contributed by atoms with Gasteiger partial charge in [-0.1, -0.05) is 47.6 Å². The van der Waals surface area contributed by atoms with Crippen LogP contribution >= 0.6 is 22.6 Å². The molecule has 2 rings (SSSR count). The summed E-state index contributed by atoms with van der Waals surface area (Å²) in [5.74, 6) is 1.64. The second-order valence-corrected chi connectivity index (χ2v) is 18.1. The molecule has 0 heterocycles. The molecule has 38 heavy (non-hydrogen) atoms. The van der Waals surface area contributed by atoms with E-state index in [4.69, 9.17) is 19.6 Å². The summed E-state index contributed by atoms with van der Waals surface area (Å²) in [4.78, 5) is 24.1. The first-order valence-electron chi connectivity index (χ1n) is 13.1. The molecule has 2 aromatic carbocycles. The lowest BCUT2D eigenvalue weighted by molar-refractivity contribution is -0.120. The second-order valence-electron chi connectivity index (χ2n) is 11.6. The Morgan fingerprint density at radius 1 is 0.921 bits per heavy atom. The van der Waals surface area contributed by atoms with Gasteiger partial charge in [-0.05, 0) is 102 Å². The van der Waals surface area contributed by atoms with Crippen LogP contribution < -0.4 is 20.2 Å². The number of carbonyl (C=O) groups excluding carboxylic acids is 2. The minimum Gasteiger partial charge on any atom is -0.543 e. The maximum atomic E-state index is 12.1. The summed E-state index contributed by atoms with van der Waals surface area (Å²) in [5, 5.41) is 2.56. The van der Waals surface area contributed by atoms with Crippen LogP contribution in [0, 0.1) is 3.57 Å². The van der Waals surface area contributed by atoms with Gasteiger partial charge in [0.25, 0.3) is 8.32 Å². The highest BCUT2D eigenvalue weighted by Gasteiger charge is 2.47. The standard InChI is InChI=1S/C29H43IN2O5Si/c1-18(2)38(19(3)4,20(5)6)37-23-13-11-22(12-14-23)35-26-15-10-21(16-24(26)30)17-25(27(31)33)32-28(34)36-29(7,8)9/h10-16,18-20,25H,17H2,1-9H3,(H2,31,33)(H,32,34)/t25-/m0/s1. The second kappa shape index (κ2) is 13.2. The molecule has 9 heteroatoms. The van der Waals surface area contributed by atoms with Gasteiger partial charge >= 0.3 is 6.09 Å². The van der Waals surface area contributed by atoms with E-state index >= 15 is 0 Å². The van der Waals surface area contributed by atoms with E-state index in [9.17, 15) is 9.59 Å². The fourth-order valence-corrected chi connectivity index (χ4v) is 10.9. The minimum absolute atomic E-state index is 0.240. The van der Waals surface area contributed by atoms with Crippen molar-refractivity contribution >= 4 is 42.9 Å². The first-order valence-corrected chi connectivity index (χ1v) is 16.3. The van der Waals surface area contributed by atoms with Crippen molar-refractivity contribution in [3.05, 3.63) is 51.6 Å². The fourth-order valence-electron chi connectivity index (χ4n) is 4.92. The van der Waals surface area contributed by atoms with Gasteiger partial charge < -0.3 is 25.0 Å². The number of nitrogens with two attached hydrogens (primary N) is 1. The van der Waals surface area contributed by atoms with Crippen molar-refractivity contribution in [3.8, 4) is 17.2 Å². The first kappa shape index (κ1) is 31.9. The van der Waals surface area contributed by atoms with Crippen LogP contribution in [0.2, 0.25) is 16.6 Å². The number of hydrogen-bond acceptors (Lipinski definition) is 5. The van der Waals surface area contributed by atoms with Crippen LogP contribution in [-0.2, 0) is 16.0 Å². The monoisotopic (exact) mass is 654 g/mol. The van der Waals surface area contributed by atoms with E-state index in [0.717, 1.165) is 14.9 Å². The summed E-state index contributed by atoms with van der Waals surface area (Å²) >= 11 is 2.19. The summed E-state index contributed by atoms with van der Waals surface area (Å²) in [6.07, 6.45) is -0.442. The van der Waals surface area contributed by atoms with Crippen molar-refractivity contribution < 1.29 is 23.5 Å². The summed E-state index contributed by atoms with van der Waals surface area (Å²) in [6.45, 7) is 18.9. The minimum atomic E-state index is -2.03. The van der Waals surface area contributed by atoms with Crippen molar-refractivity contribution in [3.63, 3.8) is 0 Å². The number of nitrogens with one attached hydrogen (secondary N) is 1. The van der Waals surface area contributed by atoms with Crippen LogP contribution in [0.5, 0.6) is 17.2 Å². The van der Waals surface area contributed by atoms with Gasteiger partial charge in [0.05, 0.1) is 3.57 Å². The van der Waals surface area contributed by atoms with Gasteiger partial charge in [0.1, 0.15) is 28.9 Å². The maximum absolute atomic E-state index is 12.1. The van der Waals surface area contributed by atoms with Gasteiger partial charge in [-0.15, -0.1) is 0 Å². The Kier molecular flexibility index (Phi) is 11.1. The fraction of sp³-hybridized carbons (Fsp3) is 0.517. The summed E-state index contributed by atoms with van der Waals surface area (Å²) in [5.41, 5.74) is 7.16. The van der Waals surface area contributed by atoms with E-state index in [1.54, 1.807) is 20.8 Å². The SMILES string of the molecule is CC(C)[Si](Oc1ccc(Oc2ccc(C[C@H](NC(=O)OC(C)(C)C)C(N)=O)cc2I)cc1)(C(C)C)C(C)C. The zero-order valence-corrected chi connectivity index (χ0v) is 27.2. The third-order valence-electron chi connectivity index (χ3n) is 6.52. The molecule has 2 aromatic rings. The molecule has 0 saturated carbocycles. The Morgan fingerprint density at radius 2 is 1.45 bits per heavy atom. The van der Waals surface area contributed by atoms with Crippen molar-refractivity contribution in [2.24, 2.45) is 5.73 Å². The highest BCUT2D eigenvalue weighted by Crippen LogP contribution is 2.43. The molecule has 3 N–H and O–H groups in total. The Bertz CT molecular complexity index is 1080. The smallest absolute Gasteiger partial charge is 0.408 e. The van der Waals surface area contributed by atoms with E-state index in [1.807, 2.05) is 42.5 Å². The van der Waals surface area contributed by atoms with Gasteiger partial charge in [-0.2, -0.15) is 0 Å². The number of carbonyl (C=O) groups is 2. The lowest BCUT2D eigenvalue weighted by atomic mass is 10.1. The van der Waals surface area contributed by atoms with Crippen LogP contribution in [-0.4, -0.2) is 32.0 Å². The molecule has 0 saturated heterocycles. The van der Waals surface area contributed by atoms with Crippen molar-refractivity contribution in [2.75, 3.05) is 0 Å². The molecule has 2 amide bonds. The molecule has 0 unspecified atom stereocenters.